The Labute approximate surface area is 114 Å². The second kappa shape index (κ2) is 5.58. The van der Waals surface area contributed by atoms with Crippen LogP contribution in [0.2, 0.25) is 0 Å². The van der Waals surface area contributed by atoms with E-state index in [9.17, 15) is 8.42 Å². The van der Waals surface area contributed by atoms with E-state index < -0.39 is 10.0 Å². The standard InChI is InChI=1S/C13H20N2O3S/c1-11-3-4-12(10-16)9-13(11)19(17,18)15-7-5-14(2)6-8-15/h3-4,9,16H,5-8,10H2,1-2H3. The van der Waals surface area contributed by atoms with Gasteiger partial charge in [-0.2, -0.15) is 4.31 Å². The van der Waals surface area contributed by atoms with Gasteiger partial charge in [-0.25, -0.2) is 8.42 Å². The minimum Gasteiger partial charge on any atom is -0.392 e. The van der Waals surface area contributed by atoms with E-state index in [2.05, 4.69) is 4.90 Å². The van der Waals surface area contributed by atoms with E-state index in [1.165, 1.54) is 4.31 Å². The molecule has 0 aliphatic carbocycles. The van der Waals surface area contributed by atoms with E-state index in [1.807, 2.05) is 7.05 Å². The van der Waals surface area contributed by atoms with Gasteiger partial charge in [0.25, 0.3) is 0 Å². The van der Waals surface area contributed by atoms with Gasteiger partial charge in [-0.15, -0.1) is 0 Å². The van der Waals surface area contributed by atoms with E-state index in [-0.39, 0.29) is 6.61 Å². The molecule has 5 nitrogen and oxygen atoms in total. The van der Waals surface area contributed by atoms with Gasteiger partial charge in [-0.05, 0) is 31.2 Å². The lowest BCUT2D eigenvalue weighted by molar-refractivity contribution is 0.222. The highest BCUT2D eigenvalue weighted by atomic mass is 32.2. The number of hydrogen-bond acceptors (Lipinski definition) is 4. The number of sulfonamides is 1. The predicted octanol–water partition coefficient (Wildman–Crippen LogP) is 0.423. The molecule has 0 unspecified atom stereocenters. The van der Waals surface area contributed by atoms with Gasteiger partial charge in [0.15, 0.2) is 0 Å². The van der Waals surface area contributed by atoms with Crippen molar-refractivity contribution in [3.05, 3.63) is 29.3 Å². The van der Waals surface area contributed by atoms with Gasteiger partial charge in [0.05, 0.1) is 11.5 Å². The largest absolute Gasteiger partial charge is 0.392 e. The fourth-order valence-corrected chi connectivity index (χ4v) is 3.89. The van der Waals surface area contributed by atoms with Gasteiger partial charge in [-0.1, -0.05) is 12.1 Å². The molecule has 1 saturated heterocycles. The lowest BCUT2D eigenvalue weighted by Crippen LogP contribution is -2.47. The molecule has 0 saturated carbocycles. The first-order valence-electron chi connectivity index (χ1n) is 6.34. The molecule has 0 amide bonds. The predicted molar refractivity (Wildman–Crippen MR) is 73.4 cm³/mol. The molecule has 0 radical (unpaired) electrons. The highest BCUT2D eigenvalue weighted by Gasteiger charge is 2.28. The SMILES string of the molecule is Cc1ccc(CO)cc1S(=O)(=O)N1CCN(C)CC1. The summed E-state index contributed by atoms with van der Waals surface area (Å²) < 4.78 is 26.7. The molecule has 106 valence electrons. The lowest BCUT2D eigenvalue weighted by atomic mass is 10.2. The van der Waals surface area contributed by atoms with Gasteiger partial charge in [0, 0.05) is 26.2 Å². The van der Waals surface area contributed by atoms with Crippen LogP contribution in [0.3, 0.4) is 0 Å². The Morgan fingerprint density at radius 3 is 2.42 bits per heavy atom. The molecular weight excluding hydrogens is 264 g/mol. The first kappa shape index (κ1) is 14.5. The van der Waals surface area contributed by atoms with Crippen LogP contribution in [-0.2, 0) is 16.6 Å². The van der Waals surface area contributed by atoms with Crippen molar-refractivity contribution in [2.45, 2.75) is 18.4 Å². The van der Waals surface area contributed by atoms with Crippen LogP contribution < -0.4 is 0 Å². The van der Waals surface area contributed by atoms with Crippen LogP contribution in [0.25, 0.3) is 0 Å². The van der Waals surface area contributed by atoms with E-state index in [0.29, 0.717) is 23.5 Å². The Hall–Kier alpha value is -0.950. The number of benzene rings is 1. The van der Waals surface area contributed by atoms with Crippen LogP contribution in [0.5, 0.6) is 0 Å². The van der Waals surface area contributed by atoms with Crippen molar-refractivity contribution < 1.29 is 13.5 Å². The number of aliphatic hydroxyl groups is 1. The van der Waals surface area contributed by atoms with Crippen LogP contribution in [-0.4, -0.2) is 56.0 Å². The van der Waals surface area contributed by atoms with Crippen molar-refractivity contribution in [2.24, 2.45) is 0 Å². The Morgan fingerprint density at radius 2 is 1.84 bits per heavy atom. The molecule has 19 heavy (non-hydrogen) atoms. The number of nitrogens with zero attached hydrogens (tertiary/aromatic N) is 2. The smallest absolute Gasteiger partial charge is 0.243 e. The summed E-state index contributed by atoms with van der Waals surface area (Å²) >= 11 is 0. The normalized spacial score (nSPS) is 18.7. The number of hydrogen-bond donors (Lipinski definition) is 1. The minimum atomic E-state index is -3.45. The fourth-order valence-electron chi connectivity index (χ4n) is 2.19. The molecule has 1 N–H and O–H groups in total. The van der Waals surface area contributed by atoms with Crippen LogP contribution in [0, 0.1) is 6.92 Å². The first-order chi connectivity index (χ1) is 8.95. The molecule has 0 atom stereocenters. The third-order valence-corrected chi connectivity index (χ3v) is 5.56. The monoisotopic (exact) mass is 284 g/mol. The molecule has 1 aliphatic rings. The average molecular weight is 284 g/mol. The number of rotatable bonds is 3. The highest BCUT2D eigenvalue weighted by molar-refractivity contribution is 7.89. The van der Waals surface area contributed by atoms with Crippen molar-refractivity contribution in [1.29, 1.82) is 0 Å². The zero-order valence-electron chi connectivity index (χ0n) is 11.3. The van der Waals surface area contributed by atoms with Crippen molar-refractivity contribution in [3.8, 4) is 0 Å². The molecule has 1 fully saturated rings. The second-order valence-corrected chi connectivity index (χ2v) is 6.87. The molecule has 0 aromatic heterocycles. The summed E-state index contributed by atoms with van der Waals surface area (Å²) in [5.41, 5.74) is 1.34. The van der Waals surface area contributed by atoms with Gasteiger partial charge < -0.3 is 10.0 Å². The zero-order chi connectivity index (χ0) is 14.0. The van der Waals surface area contributed by atoms with Crippen LogP contribution in [0.4, 0.5) is 0 Å². The third-order valence-electron chi connectivity index (χ3n) is 3.52. The summed E-state index contributed by atoms with van der Waals surface area (Å²) in [6.07, 6.45) is 0. The summed E-state index contributed by atoms with van der Waals surface area (Å²) in [6, 6.07) is 5.07. The maximum Gasteiger partial charge on any atom is 0.243 e. The molecule has 1 heterocycles. The van der Waals surface area contributed by atoms with E-state index in [4.69, 9.17) is 5.11 Å². The Morgan fingerprint density at radius 1 is 1.21 bits per heavy atom. The molecule has 1 aromatic carbocycles. The van der Waals surface area contributed by atoms with E-state index in [0.717, 1.165) is 18.7 Å². The van der Waals surface area contributed by atoms with Gasteiger partial charge in [0.1, 0.15) is 0 Å². The van der Waals surface area contributed by atoms with Crippen molar-refractivity contribution >= 4 is 10.0 Å². The molecule has 1 aliphatic heterocycles. The van der Waals surface area contributed by atoms with Crippen LogP contribution >= 0.6 is 0 Å². The fraction of sp³-hybridized carbons (Fsp3) is 0.538. The summed E-state index contributed by atoms with van der Waals surface area (Å²) in [5.74, 6) is 0. The first-order valence-corrected chi connectivity index (χ1v) is 7.78. The van der Waals surface area contributed by atoms with E-state index >= 15 is 0 Å². The van der Waals surface area contributed by atoms with Crippen LogP contribution in [0.15, 0.2) is 23.1 Å². The molecule has 0 bridgehead atoms. The topological polar surface area (TPSA) is 60.9 Å². The summed E-state index contributed by atoms with van der Waals surface area (Å²) in [4.78, 5) is 2.42. The molecule has 1 aromatic rings. The Kier molecular flexibility index (Phi) is 4.25. The van der Waals surface area contributed by atoms with Crippen molar-refractivity contribution in [2.75, 3.05) is 33.2 Å². The van der Waals surface area contributed by atoms with E-state index in [1.54, 1.807) is 25.1 Å². The third kappa shape index (κ3) is 2.97. The Bertz CT molecular complexity index is 549. The quantitative estimate of drug-likeness (QED) is 0.874. The highest BCUT2D eigenvalue weighted by Crippen LogP contribution is 2.22. The Balaban J connectivity index is 2.34. The molecular formula is C13H20N2O3S. The molecule has 0 spiro atoms. The number of aliphatic hydroxyl groups excluding tert-OH is 1. The molecule has 6 heteroatoms. The van der Waals surface area contributed by atoms with Gasteiger partial charge in [-0.3, -0.25) is 0 Å². The maximum absolute atomic E-state index is 12.6. The lowest BCUT2D eigenvalue weighted by Gasteiger charge is -2.32. The number of aryl methyl sites for hydroxylation is 1. The van der Waals surface area contributed by atoms with Gasteiger partial charge >= 0.3 is 0 Å². The zero-order valence-corrected chi connectivity index (χ0v) is 12.2. The van der Waals surface area contributed by atoms with Gasteiger partial charge in [0.2, 0.25) is 10.0 Å². The maximum atomic E-state index is 12.6. The average Bonchev–Trinajstić information content (AvgIpc) is 2.39. The summed E-state index contributed by atoms with van der Waals surface area (Å²) in [5, 5.41) is 9.15. The second-order valence-electron chi connectivity index (χ2n) is 4.97. The summed E-state index contributed by atoms with van der Waals surface area (Å²) in [6.45, 7) is 4.16. The van der Waals surface area contributed by atoms with Crippen molar-refractivity contribution in [3.63, 3.8) is 0 Å². The summed E-state index contributed by atoms with van der Waals surface area (Å²) in [7, 11) is -1.47. The minimum absolute atomic E-state index is 0.147. The number of likely N-dealkylation sites (N-methyl/N-ethyl adjacent to an activating group) is 1. The number of piperazine rings is 1. The molecule has 2 rings (SSSR count). The van der Waals surface area contributed by atoms with Crippen LogP contribution in [0.1, 0.15) is 11.1 Å². The van der Waals surface area contributed by atoms with Crippen molar-refractivity contribution in [1.82, 2.24) is 9.21 Å².